The zero-order valence-corrected chi connectivity index (χ0v) is 13.9. The van der Waals surface area contributed by atoms with Crippen LogP contribution in [0.15, 0.2) is 9.59 Å². The van der Waals surface area contributed by atoms with Gasteiger partial charge in [-0.15, -0.1) is 0 Å². The summed E-state index contributed by atoms with van der Waals surface area (Å²) in [6, 6.07) is 0. The fourth-order valence-electron chi connectivity index (χ4n) is 2.08. The van der Waals surface area contributed by atoms with Crippen LogP contribution in [0.4, 0.5) is 5.82 Å². The summed E-state index contributed by atoms with van der Waals surface area (Å²) in [4.78, 5) is 47.8. The third kappa shape index (κ3) is 4.30. The van der Waals surface area contributed by atoms with Gasteiger partial charge in [0.25, 0.3) is 5.56 Å². The van der Waals surface area contributed by atoms with Crippen molar-refractivity contribution in [3.63, 3.8) is 0 Å². The van der Waals surface area contributed by atoms with Crippen molar-refractivity contribution in [1.82, 2.24) is 9.13 Å². The number of hydrogen-bond acceptors (Lipinski definition) is 6. The van der Waals surface area contributed by atoms with Gasteiger partial charge in [-0.3, -0.25) is 23.5 Å². The first-order valence-electron chi connectivity index (χ1n) is 7.48. The van der Waals surface area contributed by atoms with Gasteiger partial charge in [0.2, 0.25) is 5.78 Å². The van der Waals surface area contributed by atoms with E-state index in [1.54, 1.807) is 6.92 Å². The summed E-state index contributed by atoms with van der Waals surface area (Å²) >= 11 is 0. The van der Waals surface area contributed by atoms with Crippen LogP contribution in [0.1, 0.15) is 44.0 Å². The number of hydrogen-bond donors (Lipinski definition) is 1. The lowest BCUT2D eigenvalue weighted by molar-refractivity contribution is -0.142. The summed E-state index contributed by atoms with van der Waals surface area (Å²) in [7, 11) is 1.28. The Balaban J connectivity index is 3.23. The van der Waals surface area contributed by atoms with Gasteiger partial charge in [-0.25, -0.2) is 4.79 Å². The zero-order valence-electron chi connectivity index (χ0n) is 13.9. The average Bonchev–Trinajstić information content (AvgIpc) is 2.47. The zero-order chi connectivity index (χ0) is 17.7. The fourth-order valence-corrected chi connectivity index (χ4v) is 2.08. The SMILES string of the molecule is CCCC(=O)OCC(=O)c1c(N)n(CC(C)C)c(=O)n(C)c1=O. The minimum Gasteiger partial charge on any atom is -0.457 e. The standard InChI is InChI=1S/C15H23N3O5/c1-5-6-11(20)23-8-10(19)12-13(16)18(7-9(2)3)15(22)17(4)14(12)21/h9H,5-8,16H2,1-4H3. The van der Waals surface area contributed by atoms with E-state index >= 15 is 0 Å². The van der Waals surface area contributed by atoms with Crippen molar-refractivity contribution in [1.29, 1.82) is 0 Å². The largest absolute Gasteiger partial charge is 0.457 e. The van der Waals surface area contributed by atoms with E-state index in [1.807, 2.05) is 13.8 Å². The van der Waals surface area contributed by atoms with Gasteiger partial charge in [0.15, 0.2) is 6.61 Å². The van der Waals surface area contributed by atoms with E-state index in [4.69, 9.17) is 10.5 Å². The van der Waals surface area contributed by atoms with Gasteiger partial charge in [0.05, 0.1) is 0 Å². The number of carbonyl (C=O) groups is 2. The monoisotopic (exact) mass is 325 g/mol. The molecule has 0 amide bonds. The van der Waals surface area contributed by atoms with Crippen LogP contribution >= 0.6 is 0 Å². The Morgan fingerprint density at radius 1 is 1.26 bits per heavy atom. The summed E-state index contributed by atoms with van der Waals surface area (Å²) in [5, 5.41) is 0. The van der Waals surface area contributed by atoms with Crippen LogP contribution in [0.2, 0.25) is 0 Å². The molecule has 1 heterocycles. The number of ether oxygens (including phenoxy) is 1. The Bertz CT molecular complexity index is 715. The number of ketones is 1. The maximum Gasteiger partial charge on any atom is 0.332 e. The third-order valence-electron chi connectivity index (χ3n) is 3.23. The molecule has 0 aliphatic carbocycles. The molecule has 23 heavy (non-hydrogen) atoms. The van der Waals surface area contributed by atoms with Crippen LogP contribution in [0.25, 0.3) is 0 Å². The molecule has 0 bridgehead atoms. The Morgan fingerprint density at radius 2 is 1.87 bits per heavy atom. The molecule has 0 aliphatic rings. The first kappa shape index (κ1) is 18.7. The van der Waals surface area contributed by atoms with E-state index in [1.165, 1.54) is 11.6 Å². The second-order valence-electron chi connectivity index (χ2n) is 5.75. The van der Waals surface area contributed by atoms with Crippen LogP contribution < -0.4 is 17.0 Å². The topological polar surface area (TPSA) is 113 Å². The molecule has 0 aliphatic heterocycles. The molecular formula is C15H23N3O5. The predicted octanol–water partition coefficient (Wildman–Crippen LogP) is 0.311. The molecule has 0 saturated carbocycles. The smallest absolute Gasteiger partial charge is 0.332 e. The number of carbonyl (C=O) groups excluding carboxylic acids is 2. The number of nitrogens with two attached hydrogens (primary N) is 1. The molecule has 1 aromatic heterocycles. The highest BCUT2D eigenvalue weighted by molar-refractivity contribution is 6.01. The number of nitrogens with zero attached hydrogens (tertiary/aromatic N) is 2. The lowest BCUT2D eigenvalue weighted by Crippen LogP contribution is -2.43. The van der Waals surface area contributed by atoms with Crippen molar-refractivity contribution in [2.45, 2.75) is 40.2 Å². The summed E-state index contributed by atoms with van der Waals surface area (Å²) in [5.74, 6) is -1.34. The summed E-state index contributed by atoms with van der Waals surface area (Å²) in [5.41, 5.74) is 4.16. The molecule has 0 saturated heterocycles. The highest BCUT2D eigenvalue weighted by Gasteiger charge is 2.22. The van der Waals surface area contributed by atoms with Gasteiger partial charge >= 0.3 is 11.7 Å². The number of nitrogen functional groups attached to an aromatic ring is 1. The minimum atomic E-state index is -0.788. The number of rotatable bonds is 7. The van der Waals surface area contributed by atoms with E-state index in [9.17, 15) is 19.2 Å². The predicted molar refractivity (Wildman–Crippen MR) is 85.4 cm³/mol. The summed E-state index contributed by atoms with van der Waals surface area (Å²) < 4.78 is 6.84. The fraction of sp³-hybridized carbons (Fsp3) is 0.600. The van der Waals surface area contributed by atoms with Crippen molar-refractivity contribution < 1.29 is 14.3 Å². The average molecular weight is 325 g/mol. The van der Waals surface area contributed by atoms with E-state index in [2.05, 4.69) is 0 Å². The van der Waals surface area contributed by atoms with Crippen molar-refractivity contribution in [3.8, 4) is 0 Å². The quantitative estimate of drug-likeness (QED) is 0.570. The Morgan fingerprint density at radius 3 is 2.39 bits per heavy atom. The lowest BCUT2D eigenvalue weighted by Gasteiger charge is -2.16. The van der Waals surface area contributed by atoms with Crippen LogP contribution in [0, 0.1) is 5.92 Å². The highest BCUT2D eigenvalue weighted by Crippen LogP contribution is 2.09. The van der Waals surface area contributed by atoms with E-state index in [0.29, 0.717) is 6.42 Å². The maximum atomic E-state index is 12.2. The van der Waals surface area contributed by atoms with Gasteiger partial charge in [0.1, 0.15) is 11.4 Å². The lowest BCUT2D eigenvalue weighted by atomic mass is 10.1. The summed E-state index contributed by atoms with van der Waals surface area (Å²) in [6.45, 7) is 5.27. The van der Waals surface area contributed by atoms with Crippen molar-refractivity contribution >= 4 is 17.6 Å². The van der Waals surface area contributed by atoms with Gasteiger partial charge < -0.3 is 10.5 Å². The van der Waals surface area contributed by atoms with E-state index in [-0.39, 0.29) is 30.3 Å². The Hall–Kier alpha value is -2.38. The first-order chi connectivity index (χ1) is 10.7. The third-order valence-corrected chi connectivity index (χ3v) is 3.23. The molecule has 8 nitrogen and oxygen atoms in total. The first-order valence-corrected chi connectivity index (χ1v) is 7.48. The number of aromatic nitrogens is 2. The molecule has 0 fully saturated rings. The molecule has 1 aromatic rings. The van der Waals surface area contributed by atoms with Gasteiger partial charge in [-0.05, 0) is 12.3 Å². The van der Waals surface area contributed by atoms with Gasteiger partial charge in [-0.1, -0.05) is 20.8 Å². The molecule has 0 unspecified atom stereocenters. The van der Waals surface area contributed by atoms with Gasteiger partial charge in [0, 0.05) is 20.0 Å². The molecule has 128 valence electrons. The van der Waals surface area contributed by atoms with Crippen molar-refractivity contribution in [3.05, 3.63) is 26.4 Å². The van der Waals surface area contributed by atoms with Crippen LogP contribution in [0.5, 0.6) is 0 Å². The normalized spacial score (nSPS) is 10.8. The molecule has 8 heteroatoms. The van der Waals surface area contributed by atoms with Crippen molar-refractivity contribution in [2.24, 2.45) is 13.0 Å². The van der Waals surface area contributed by atoms with E-state index < -0.39 is 29.6 Å². The molecule has 0 spiro atoms. The second-order valence-corrected chi connectivity index (χ2v) is 5.75. The number of Topliss-reactive ketones (excluding diaryl/α,β-unsaturated/α-hetero) is 1. The molecule has 0 radical (unpaired) electrons. The van der Waals surface area contributed by atoms with Gasteiger partial charge in [-0.2, -0.15) is 0 Å². The van der Waals surface area contributed by atoms with Crippen LogP contribution in [-0.4, -0.2) is 27.5 Å². The van der Waals surface area contributed by atoms with Crippen molar-refractivity contribution in [2.75, 3.05) is 12.3 Å². The Labute approximate surface area is 133 Å². The van der Waals surface area contributed by atoms with Crippen LogP contribution in [-0.2, 0) is 23.1 Å². The molecule has 0 aromatic carbocycles. The Kier molecular flexibility index (Phi) is 6.29. The molecule has 2 N–H and O–H groups in total. The minimum absolute atomic E-state index is 0.0952. The number of esters is 1. The molecule has 1 rings (SSSR count). The maximum absolute atomic E-state index is 12.2. The molecular weight excluding hydrogens is 302 g/mol. The summed E-state index contributed by atoms with van der Waals surface area (Å²) in [6.07, 6.45) is 0.782. The van der Waals surface area contributed by atoms with Crippen LogP contribution in [0.3, 0.4) is 0 Å². The highest BCUT2D eigenvalue weighted by atomic mass is 16.5. The number of anilines is 1. The second kappa shape index (κ2) is 7.75. The molecule has 0 atom stereocenters. The van der Waals surface area contributed by atoms with E-state index in [0.717, 1.165) is 4.57 Å².